The van der Waals surface area contributed by atoms with Gasteiger partial charge in [0, 0.05) is 38.5 Å². The fourth-order valence-electron chi connectivity index (χ4n) is 7.32. The molecule has 0 atom stereocenters. The first kappa shape index (κ1) is 26.8. The third-order valence-corrected chi connectivity index (χ3v) is 12.9. The number of fused-ring (bicyclic) bond motifs is 6. The molecular formula is C42H31N3Si. The van der Waals surface area contributed by atoms with Crippen LogP contribution in [0.4, 0.5) is 0 Å². The topological polar surface area (TPSA) is 30.7 Å². The molecule has 0 fully saturated rings. The van der Waals surface area contributed by atoms with Crippen LogP contribution in [0.25, 0.3) is 72.4 Å². The van der Waals surface area contributed by atoms with Gasteiger partial charge >= 0.3 is 0 Å². The quantitative estimate of drug-likeness (QED) is 0.187. The zero-order chi connectivity index (χ0) is 30.8. The van der Waals surface area contributed by atoms with Gasteiger partial charge in [-0.15, -0.1) is 0 Å². The monoisotopic (exact) mass is 605 g/mol. The van der Waals surface area contributed by atoms with E-state index in [1.165, 1.54) is 54.6 Å². The molecule has 0 amide bonds. The Bertz CT molecular complexity index is 2440. The maximum atomic E-state index is 5.44. The van der Waals surface area contributed by atoms with Crippen LogP contribution in [0.5, 0.6) is 0 Å². The minimum atomic E-state index is -2.08. The Morgan fingerprint density at radius 2 is 1.17 bits per heavy atom. The Labute approximate surface area is 269 Å². The maximum absolute atomic E-state index is 5.44. The molecule has 0 unspecified atom stereocenters. The molecule has 0 saturated carbocycles. The number of para-hydroxylation sites is 2. The molecule has 0 N–H and O–H groups in total. The number of benzene rings is 6. The number of hydrogen-bond donors (Lipinski definition) is 0. The van der Waals surface area contributed by atoms with Crippen molar-refractivity contribution >= 4 is 40.4 Å². The third kappa shape index (κ3) is 4.04. The molecule has 3 nitrogen and oxygen atoms in total. The highest BCUT2D eigenvalue weighted by molar-refractivity contribution is 7.03. The van der Waals surface area contributed by atoms with Gasteiger partial charge < -0.3 is 4.57 Å². The van der Waals surface area contributed by atoms with Crippen molar-refractivity contribution in [3.8, 4) is 50.6 Å². The van der Waals surface area contributed by atoms with E-state index in [4.69, 9.17) is 9.97 Å². The van der Waals surface area contributed by atoms with E-state index in [0.29, 0.717) is 0 Å². The molecule has 0 saturated heterocycles. The van der Waals surface area contributed by atoms with Crippen molar-refractivity contribution in [3.05, 3.63) is 152 Å². The van der Waals surface area contributed by atoms with Crippen LogP contribution in [0.15, 0.2) is 152 Å². The first-order chi connectivity index (χ1) is 22.6. The van der Waals surface area contributed by atoms with E-state index in [2.05, 4.69) is 169 Å². The van der Waals surface area contributed by atoms with E-state index in [1.807, 2.05) is 0 Å². The molecule has 46 heavy (non-hydrogen) atoms. The van der Waals surface area contributed by atoms with Gasteiger partial charge in [-0.05, 0) is 58.3 Å². The van der Waals surface area contributed by atoms with Crippen molar-refractivity contribution in [2.24, 2.45) is 0 Å². The summed E-state index contributed by atoms with van der Waals surface area (Å²) < 4.78 is 2.37. The molecule has 8 aromatic rings. The highest BCUT2D eigenvalue weighted by atomic mass is 28.3. The molecule has 1 aliphatic rings. The molecule has 4 heteroatoms. The molecule has 9 rings (SSSR count). The second kappa shape index (κ2) is 10.2. The average molecular weight is 606 g/mol. The van der Waals surface area contributed by atoms with Gasteiger partial charge in [-0.2, -0.15) is 0 Å². The van der Waals surface area contributed by atoms with Crippen molar-refractivity contribution in [2.45, 2.75) is 13.1 Å². The van der Waals surface area contributed by atoms with E-state index in [1.54, 1.807) is 0 Å². The first-order valence-electron chi connectivity index (χ1n) is 15.9. The number of aromatic nitrogens is 3. The summed E-state index contributed by atoms with van der Waals surface area (Å²) in [6.45, 7) is 4.85. The van der Waals surface area contributed by atoms with Gasteiger partial charge in [0.1, 0.15) is 8.07 Å². The Morgan fingerprint density at radius 1 is 0.500 bits per heavy atom. The van der Waals surface area contributed by atoms with Gasteiger partial charge in [-0.3, -0.25) is 0 Å². The summed E-state index contributed by atoms with van der Waals surface area (Å²) in [6.07, 6.45) is 0. The fraction of sp³-hybridized carbons (Fsp3) is 0.0476. The zero-order valence-corrected chi connectivity index (χ0v) is 26.8. The van der Waals surface area contributed by atoms with Gasteiger partial charge in [-0.25, -0.2) is 9.97 Å². The molecule has 2 aromatic heterocycles. The fourth-order valence-corrected chi connectivity index (χ4v) is 10.2. The van der Waals surface area contributed by atoms with E-state index in [9.17, 15) is 0 Å². The highest BCUT2D eigenvalue weighted by Crippen LogP contribution is 2.40. The summed E-state index contributed by atoms with van der Waals surface area (Å²) in [5, 5.41) is 5.10. The normalized spacial score (nSPS) is 13.2. The summed E-state index contributed by atoms with van der Waals surface area (Å²) in [4.78, 5) is 10.9. The van der Waals surface area contributed by atoms with Crippen LogP contribution in [0.1, 0.15) is 0 Å². The van der Waals surface area contributed by atoms with Crippen LogP contribution in [-0.4, -0.2) is 22.6 Å². The predicted octanol–water partition coefficient (Wildman–Crippen LogP) is 9.38. The van der Waals surface area contributed by atoms with Gasteiger partial charge in [0.2, 0.25) is 0 Å². The van der Waals surface area contributed by atoms with E-state index in [-0.39, 0.29) is 0 Å². The van der Waals surface area contributed by atoms with E-state index < -0.39 is 8.07 Å². The number of hydrogen-bond acceptors (Lipinski definition) is 2. The van der Waals surface area contributed by atoms with Gasteiger partial charge in [-0.1, -0.05) is 128 Å². The molecule has 218 valence electrons. The number of rotatable bonds is 4. The van der Waals surface area contributed by atoms with Crippen LogP contribution in [0, 0.1) is 0 Å². The molecule has 0 radical (unpaired) electrons. The molecule has 3 heterocycles. The second-order valence-electron chi connectivity index (χ2n) is 12.7. The minimum absolute atomic E-state index is 0.784. The minimum Gasteiger partial charge on any atom is -0.309 e. The summed E-state index contributed by atoms with van der Waals surface area (Å²) in [5.41, 5.74) is 11.5. The molecule has 6 aromatic carbocycles. The Balaban J connectivity index is 1.31. The Morgan fingerprint density at radius 3 is 2.02 bits per heavy atom. The molecule has 0 spiro atoms. The SMILES string of the molecule is C[Si]1(C)c2ccccc2-c2c(-c3ccc4c(c3)c3ccccc3n4-c3ccccc3)nc(-c3cccc(-c4ccccc4)c3)nc21. The van der Waals surface area contributed by atoms with Crippen molar-refractivity contribution in [2.75, 3.05) is 0 Å². The van der Waals surface area contributed by atoms with Gasteiger partial charge in [0.25, 0.3) is 0 Å². The second-order valence-corrected chi connectivity index (χ2v) is 16.9. The molecule has 0 aliphatic carbocycles. The van der Waals surface area contributed by atoms with Gasteiger partial charge in [0.05, 0.1) is 16.7 Å². The predicted molar refractivity (Wildman–Crippen MR) is 195 cm³/mol. The van der Waals surface area contributed by atoms with Crippen molar-refractivity contribution in [1.29, 1.82) is 0 Å². The first-order valence-corrected chi connectivity index (χ1v) is 18.9. The summed E-state index contributed by atoms with van der Waals surface area (Å²) in [5.74, 6) is 0.784. The Kier molecular flexibility index (Phi) is 5.96. The Hall–Kier alpha value is -5.58. The molecule has 0 bridgehead atoms. The summed E-state index contributed by atoms with van der Waals surface area (Å²) >= 11 is 0. The highest BCUT2D eigenvalue weighted by Gasteiger charge is 2.41. The third-order valence-electron chi connectivity index (χ3n) is 9.56. The van der Waals surface area contributed by atoms with E-state index >= 15 is 0 Å². The van der Waals surface area contributed by atoms with E-state index in [0.717, 1.165) is 28.3 Å². The average Bonchev–Trinajstić information content (AvgIpc) is 3.57. The maximum Gasteiger partial charge on any atom is 0.159 e. The van der Waals surface area contributed by atoms with Crippen molar-refractivity contribution in [1.82, 2.24) is 14.5 Å². The van der Waals surface area contributed by atoms with Crippen molar-refractivity contribution in [3.63, 3.8) is 0 Å². The van der Waals surface area contributed by atoms with Crippen LogP contribution >= 0.6 is 0 Å². The molecule has 1 aliphatic heterocycles. The van der Waals surface area contributed by atoms with Crippen LogP contribution in [0.2, 0.25) is 13.1 Å². The standard InChI is InChI=1S/C42H31N3Si/c1-46(2)38-23-12-10-21-34(38)39-40(43-41(44-42(39)46)31-17-13-16-29(26-31)28-14-5-3-6-15-28)30-24-25-37-35(27-30)33-20-9-11-22-36(33)45(37)32-18-7-4-8-19-32/h3-27H,1-2H3. The van der Waals surface area contributed by atoms with Crippen LogP contribution in [-0.2, 0) is 0 Å². The lowest BCUT2D eigenvalue weighted by Crippen LogP contribution is -2.50. The lowest BCUT2D eigenvalue weighted by molar-refractivity contribution is 1.18. The van der Waals surface area contributed by atoms with Crippen LogP contribution < -0.4 is 10.5 Å². The summed E-state index contributed by atoms with van der Waals surface area (Å²) in [7, 11) is -2.08. The largest absolute Gasteiger partial charge is 0.309 e. The zero-order valence-electron chi connectivity index (χ0n) is 25.8. The lowest BCUT2D eigenvalue weighted by Gasteiger charge is -2.19. The summed E-state index contributed by atoms with van der Waals surface area (Å²) in [6, 6.07) is 54.3. The smallest absolute Gasteiger partial charge is 0.159 e. The lowest BCUT2D eigenvalue weighted by atomic mass is 9.98. The molecular weight excluding hydrogens is 575 g/mol. The van der Waals surface area contributed by atoms with Crippen molar-refractivity contribution < 1.29 is 0 Å². The number of nitrogens with zero attached hydrogens (tertiary/aromatic N) is 3. The van der Waals surface area contributed by atoms with Crippen LogP contribution in [0.3, 0.4) is 0 Å². The van der Waals surface area contributed by atoms with Gasteiger partial charge in [0.15, 0.2) is 5.82 Å².